The van der Waals surface area contributed by atoms with E-state index in [4.69, 9.17) is 0 Å². The topological polar surface area (TPSA) is 57.7 Å². The van der Waals surface area contributed by atoms with Gasteiger partial charge in [0.15, 0.2) is 0 Å². The van der Waals surface area contributed by atoms with Gasteiger partial charge < -0.3 is 4.90 Å². The zero-order chi connectivity index (χ0) is 17.7. The van der Waals surface area contributed by atoms with E-state index < -0.39 is 10.0 Å². The standard InChI is InChI=1S/C18H28N2O3S/c1-4-20(5-2)24(22,23)17-13-9-10-15(14-17)18(21)19(3)16-11-7-6-8-12-16/h9-10,13-14,16H,4-8,11-12H2,1-3H3. The van der Waals surface area contributed by atoms with Crippen LogP contribution in [-0.2, 0) is 10.0 Å². The fourth-order valence-corrected chi connectivity index (χ4v) is 4.84. The second kappa shape index (κ2) is 8.12. The summed E-state index contributed by atoms with van der Waals surface area (Å²) in [5.41, 5.74) is 0.441. The third-order valence-electron chi connectivity index (χ3n) is 4.87. The Kier molecular flexibility index (Phi) is 6.40. The number of carbonyl (C=O) groups excluding carboxylic acids is 1. The van der Waals surface area contributed by atoms with Crippen LogP contribution in [0.25, 0.3) is 0 Å². The van der Waals surface area contributed by atoms with Gasteiger partial charge in [-0.15, -0.1) is 0 Å². The van der Waals surface area contributed by atoms with Gasteiger partial charge in [-0.25, -0.2) is 8.42 Å². The number of carbonyl (C=O) groups is 1. The summed E-state index contributed by atoms with van der Waals surface area (Å²) in [5.74, 6) is -0.0986. The van der Waals surface area contributed by atoms with Crippen LogP contribution in [0.3, 0.4) is 0 Å². The van der Waals surface area contributed by atoms with E-state index in [9.17, 15) is 13.2 Å². The molecule has 5 nitrogen and oxygen atoms in total. The molecule has 1 aromatic carbocycles. The van der Waals surface area contributed by atoms with Gasteiger partial charge >= 0.3 is 0 Å². The lowest BCUT2D eigenvalue weighted by Crippen LogP contribution is -2.38. The van der Waals surface area contributed by atoms with Gasteiger partial charge in [0.1, 0.15) is 0 Å². The van der Waals surface area contributed by atoms with Gasteiger partial charge in [0.25, 0.3) is 5.91 Å². The fourth-order valence-electron chi connectivity index (χ4n) is 3.34. The molecular formula is C18H28N2O3S. The highest BCUT2D eigenvalue weighted by molar-refractivity contribution is 7.89. The van der Waals surface area contributed by atoms with E-state index in [2.05, 4.69) is 0 Å². The number of hydrogen-bond donors (Lipinski definition) is 0. The van der Waals surface area contributed by atoms with E-state index >= 15 is 0 Å². The minimum absolute atomic E-state index is 0.0986. The van der Waals surface area contributed by atoms with Crippen LogP contribution in [0.4, 0.5) is 0 Å². The Balaban J connectivity index is 2.24. The monoisotopic (exact) mass is 352 g/mol. The molecule has 0 bridgehead atoms. The van der Waals surface area contributed by atoms with Crippen molar-refractivity contribution in [1.82, 2.24) is 9.21 Å². The number of rotatable bonds is 6. The number of sulfonamides is 1. The molecule has 0 atom stereocenters. The average molecular weight is 353 g/mol. The van der Waals surface area contributed by atoms with E-state index in [1.54, 1.807) is 23.1 Å². The summed E-state index contributed by atoms with van der Waals surface area (Å²) in [6, 6.07) is 6.68. The molecule has 6 heteroatoms. The maximum atomic E-state index is 12.7. The molecular weight excluding hydrogens is 324 g/mol. The Morgan fingerprint density at radius 3 is 2.33 bits per heavy atom. The van der Waals surface area contributed by atoms with Crippen LogP contribution in [0, 0.1) is 0 Å². The van der Waals surface area contributed by atoms with E-state index in [0.29, 0.717) is 18.7 Å². The lowest BCUT2D eigenvalue weighted by Gasteiger charge is -2.31. The van der Waals surface area contributed by atoms with Gasteiger partial charge in [-0.1, -0.05) is 39.2 Å². The molecule has 0 unspecified atom stereocenters. The molecule has 0 aromatic heterocycles. The summed E-state index contributed by atoms with van der Waals surface area (Å²) in [7, 11) is -1.72. The molecule has 0 spiro atoms. The summed E-state index contributed by atoms with van der Waals surface area (Å²) in [4.78, 5) is 14.7. The molecule has 0 heterocycles. The summed E-state index contributed by atoms with van der Waals surface area (Å²) >= 11 is 0. The number of hydrogen-bond acceptors (Lipinski definition) is 3. The van der Waals surface area contributed by atoms with Crippen LogP contribution < -0.4 is 0 Å². The van der Waals surface area contributed by atoms with Crippen molar-refractivity contribution in [2.75, 3.05) is 20.1 Å². The van der Waals surface area contributed by atoms with E-state index in [-0.39, 0.29) is 16.8 Å². The first-order valence-corrected chi connectivity index (χ1v) is 10.2. The molecule has 24 heavy (non-hydrogen) atoms. The minimum atomic E-state index is -3.55. The Labute approximate surface area is 145 Å². The Bertz CT molecular complexity index is 663. The van der Waals surface area contributed by atoms with E-state index in [1.165, 1.54) is 16.8 Å². The largest absolute Gasteiger partial charge is 0.339 e. The molecule has 134 valence electrons. The molecule has 0 aliphatic heterocycles. The molecule has 1 aromatic rings. The summed E-state index contributed by atoms with van der Waals surface area (Å²) in [6.45, 7) is 4.46. The molecule has 0 N–H and O–H groups in total. The maximum Gasteiger partial charge on any atom is 0.253 e. The van der Waals surface area contributed by atoms with E-state index in [0.717, 1.165) is 25.7 Å². The number of benzene rings is 1. The molecule has 0 saturated heterocycles. The molecule has 1 amide bonds. The lowest BCUT2D eigenvalue weighted by molar-refractivity contribution is 0.0696. The molecule has 2 rings (SSSR count). The zero-order valence-corrected chi connectivity index (χ0v) is 15.7. The third-order valence-corrected chi connectivity index (χ3v) is 6.91. The number of nitrogens with zero attached hydrogens (tertiary/aromatic N) is 2. The number of amides is 1. The van der Waals surface area contributed by atoms with E-state index in [1.807, 2.05) is 20.9 Å². The third kappa shape index (κ3) is 3.98. The maximum absolute atomic E-state index is 12.7. The molecule has 1 saturated carbocycles. The van der Waals surface area contributed by atoms with Crippen LogP contribution in [0.2, 0.25) is 0 Å². The summed E-state index contributed by atoms with van der Waals surface area (Å²) in [6.07, 6.45) is 5.59. The van der Waals surface area contributed by atoms with Crippen LogP contribution in [0.15, 0.2) is 29.2 Å². The van der Waals surface area contributed by atoms with Crippen molar-refractivity contribution in [3.63, 3.8) is 0 Å². The van der Waals surface area contributed by atoms with Gasteiger partial charge in [-0.2, -0.15) is 4.31 Å². The molecule has 0 radical (unpaired) electrons. The first-order chi connectivity index (χ1) is 11.4. The highest BCUT2D eigenvalue weighted by Crippen LogP contribution is 2.24. The van der Waals surface area contributed by atoms with Crippen molar-refractivity contribution < 1.29 is 13.2 Å². The van der Waals surface area contributed by atoms with Crippen molar-refractivity contribution in [3.8, 4) is 0 Å². The molecule has 1 aliphatic rings. The Morgan fingerprint density at radius 2 is 1.75 bits per heavy atom. The Hall–Kier alpha value is -1.40. The normalized spacial score (nSPS) is 16.3. The quantitative estimate of drug-likeness (QED) is 0.790. The lowest BCUT2D eigenvalue weighted by atomic mass is 9.94. The minimum Gasteiger partial charge on any atom is -0.339 e. The summed E-state index contributed by atoms with van der Waals surface area (Å²) in [5, 5.41) is 0. The smallest absolute Gasteiger partial charge is 0.253 e. The van der Waals surface area contributed by atoms with Gasteiger partial charge in [-0.3, -0.25) is 4.79 Å². The predicted molar refractivity (Wildman–Crippen MR) is 95.5 cm³/mol. The molecule has 1 aliphatic carbocycles. The average Bonchev–Trinajstić information content (AvgIpc) is 2.62. The van der Waals surface area contributed by atoms with Crippen LogP contribution in [0.1, 0.15) is 56.3 Å². The van der Waals surface area contributed by atoms with Crippen LogP contribution in [-0.4, -0.2) is 49.7 Å². The van der Waals surface area contributed by atoms with Gasteiger partial charge in [0, 0.05) is 31.7 Å². The van der Waals surface area contributed by atoms with Gasteiger partial charge in [0.2, 0.25) is 10.0 Å². The molecule has 1 fully saturated rings. The first-order valence-electron chi connectivity index (χ1n) is 8.79. The van der Waals surface area contributed by atoms with Crippen molar-refractivity contribution >= 4 is 15.9 Å². The van der Waals surface area contributed by atoms with Crippen molar-refractivity contribution in [2.45, 2.75) is 56.9 Å². The highest BCUT2D eigenvalue weighted by Gasteiger charge is 2.26. The first kappa shape index (κ1) is 18.9. The SMILES string of the molecule is CCN(CC)S(=O)(=O)c1cccc(C(=O)N(C)C2CCCCC2)c1. The van der Waals surface area contributed by atoms with Gasteiger partial charge in [-0.05, 0) is 31.0 Å². The van der Waals surface area contributed by atoms with Crippen molar-refractivity contribution in [1.29, 1.82) is 0 Å². The van der Waals surface area contributed by atoms with Crippen molar-refractivity contribution in [3.05, 3.63) is 29.8 Å². The second-order valence-electron chi connectivity index (χ2n) is 6.33. The van der Waals surface area contributed by atoms with Crippen LogP contribution >= 0.6 is 0 Å². The Morgan fingerprint density at radius 1 is 1.12 bits per heavy atom. The second-order valence-corrected chi connectivity index (χ2v) is 8.26. The highest BCUT2D eigenvalue weighted by atomic mass is 32.2. The van der Waals surface area contributed by atoms with Gasteiger partial charge in [0.05, 0.1) is 4.90 Å². The zero-order valence-electron chi connectivity index (χ0n) is 14.9. The van der Waals surface area contributed by atoms with Crippen molar-refractivity contribution in [2.24, 2.45) is 0 Å². The van der Waals surface area contributed by atoms with Crippen LogP contribution in [0.5, 0.6) is 0 Å². The summed E-state index contributed by atoms with van der Waals surface area (Å²) < 4.78 is 26.7. The predicted octanol–water partition coefficient (Wildman–Crippen LogP) is 3.12. The fraction of sp³-hybridized carbons (Fsp3) is 0.611.